The first-order valence-electron chi connectivity index (χ1n) is 5.02. The highest BCUT2D eigenvalue weighted by atomic mass is 14.6. The zero-order valence-electron chi connectivity index (χ0n) is 8.85. The van der Waals surface area contributed by atoms with Crippen molar-refractivity contribution < 1.29 is 0 Å². The van der Waals surface area contributed by atoms with E-state index in [1.54, 1.807) is 6.20 Å². The minimum atomic E-state index is 0.253. The Morgan fingerprint density at radius 3 is 2.86 bits per heavy atom. The highest BCUT2D eigenvalue weighted by Gasteiger charge is 2.03. The summed E-state index contributed by atoms with van der Waals surface area (Å²) >= 11 is 0. The molecule has 1 unspecified atom stereocenters. The number of hydrogen-bond donors (Lipinski definition) is 1. The molecule has 0 spiro atoms. The molecule has 76 valence electrons. The van der Waals surface area contributed by atoms with Crippen LogP contribution in [0.15, 0.2) is 30.6 Å². The SMILES string of the molecule is CC(C)C(N)CC=Cc1cccnc1. The molecule has 2 N–H and O–H groups in total. The van der Waals surface area contributed by atoms with Gasteiger partial charge in [-0.2, -0.15) is 0 Å². The maximum absolute atomic E-state index is 5.91. The molecule has 0 bridgehead atoms. The minimum absolute atomic E-state index is 0.253. The van der Waals surface area contributed by atoms with Crippen molar-refractivity contribution in [2.75, 3.05) is 0 Å². The minimum Gasteiger partial charge on any atom is -0.327 e. The van der Waals surface area contributed by atoms with Gasteiger partial charge in [0.05, 0.1) is 0 Å². The van der Waals surface area contributed by atoms with E-state index >= 15 is 0 Å². The summed E-state index contributed by atoms with van der Waals surface area (Å²) in [4.78, 5) is 4.04. The van der Waals surface area contributed by atoms with Crippen LogP contribution in [0.5, 0.6) is 0 Å². The Hall–Kier alpha value is -1.15. The molecule has 0 aliphatic heterocycles. The van der Waals surface area contributed by atoms with Crippen LogP contribution in [0.25, 0.3) is 6.08 Å². The molecule has 14 heavy (non-hydrogen) atoms. The van der Waals surface area contributed by atoms with Crippen molar-refractivity contribution in [3.8, 4) is 0 Å². The van der Waals surface area contributed by atoms with E-state index in [1.165, 1.54) is 0 Å². The first kappa shape index (κ1) is 10.9. The summed E-state index contributed by atoms with van der Waals surface area (Å²) in [5, 5.41) is 0. The molecule has 0 saturated heterocycles. The lowest BCUT2D eigenvalue weighted by Crippen LogP contribution is -2.25. The molecule has 0 radical (unpaired) electrons. The molecule has 1 aromatic rings. The molecule has 0 saturated carbocycles. The van der Waals surface area contributed by atoms with Crippen LogP contribution in [-0.2, 0) is 0 Å². The Morgan fingerprint density at radius 1 is 1.50 bits per heavy atom. The average Bonchev–Trinajstić information content (AvgIpc) is 2.19. The Bertz CT molecular complexity index is 278. The average molecular weight is 190 g/mol. The maximum Gasteiger partial charge on any atom is 0.0340 e. The smallest absolute Gasteiger partial charge is 0.0340 e. The number of hydrogen-bond acceptors (Lipinski definition) is 2. The fourth-order valence-corrected chi connectivity index (χ4v) is 1.11. The van der Waals surface area contributed by atoms with Crippen molar-refractivity contribution in [2.24, 2.45) is 11.7 Å². The van der Waals surface area contributed by atoms with Gasteiger partial charge in [-0.25, -0.2) is 0 Å². The summed E-state index contributed by atoms with van der Waals surface area (Å²) in [6.07, 6.45) is 8.72. The number of aromatic nitrogens is 1. The molecule has 1 rings (SSSR count). The van der Waals surface area contributed by atoms with E-state index in [2.05, 4.69) is 31.0 Å². The van der Waals surface area contributed by atoms with Gasteiger partial charge in [0.2, 0.25) is 0 Å². The molecule has 0 aromatic carbocycles. The second-order valence-corrected chi connectivity index (χ2v) is 3.83. The summed E-state index contributed by atoms with van der Waals surface area (Å²) in [6.45, 7) is 4.28. The van der Waals surface area contributed by atoms with Crippen molar-refractivity contribution in [1.82, 2.24) is 4.98 Å². The predicted molar refractivity (Wildman–Crippen MR) is 60.7 cm³/mol. The quantitative estimate of drug-likeness (QED) is 0.792. The molecular formula is C12H18N2. The van der Waals surface area contributed by atoms with Gasteiger partial charge in [-0.3, -0.25) is 4.98 Å². The van der Waals surface area contributed by atoms with Gasteiger partial charge in [0.15, 0.2) is 0 Å². The van der Waals surface area contributed by atoms with E-state index in [0.717, 1.165) is 12.0 Å². The Kier molecular flexibility index (Phi) is 4.33. The van der Waals surface area contributed by atoms with Gasteiger partial charge >= 0.3 is 0 Å². The molecule has 1 aromatic heterocycles. The highest BCUT2D eigenvalue weighted by molar-refractivity contribution is 5.47. The highest BCUT2D eigenvalue weighted by Crippen LogP contribution is 2.06. The van der Waals surface area contributed by atoms with Gasteiger partial charge in [0.25, 0.3) is 0 Å². The third-order valence-electron chi connectivity index (χ3n) is 2.26. The second-order valence-electron chi connectivity index (χ2n) is 3.83. The number of nitrogens with two attached hydrogens (primary N) is 1. The van der Waals surface area contributed by atoms with E-state index < -0.39 is 0 Å². The van der Waals surface area contributed by atoms with Crippen LogP contribution in [-0.4, -0.2) is 11.0 Å². The standard InChI is InChI=1S/C12H18N2/c1-10(2)12(13)7-3-5-11-6-4-8-14-9-11/h3-6,8-10,12H,7,13H2,1-2H3. The van der Waals surface area contributed by atoms with Gasteiger partial charge in [0.1, 0.15) is 0 Å². The van der Waals surface area contributed by atoms with Crippen LogP contribution in [0.4, 0.5) is 0 Å². The van der Waals surface area contributed by atoms with Crippen LogP contribution < -0.4 is 5.73 Å². The van der Waals surface area contributed by atoms with Crippen molar-refractivity contribution in [3.05, 3.63) is 36.2 Å². The van der Waals surface area contributed by atoms with Crippen molar-refractivity contribution in [2.45, 2.75) is 26.3 Å². The summed E-state index contributed by atoms with van der Waals surface area (Å²) in [7, 11) is 0. The zero-order valence-corrected chi connectivity index (χ0v) is 8.85. The van der Waals surface area contributed by atoms with Gasteiger partial charge < -0.3 is 5.73 Å². The van der Waals surface area contributed by atoms with Gasteiger partial charge in [-0.1, -0.05) is 32.1 Å². The van der Waals surface area contributed by atoms with E-state index in [9.17, 15) is 0 Å². The third kappa shape index (κ3) is 3.71. The second kappa shape index (κ2) is 5.55. The molecular weight excluding hydrogens is 172 g/mol. The fraction of sp³-hybridized carbons (Fsp3) is 0.417. The van der Waals surface area contributed by atoms with E-state index in [4.69, 9.17) is 5.73 Å². The van der Waals surface area contributed by atoms with Crippen LogP contribution in [0, 0.1) is 5.92 Å². The molecule has 1 atom stereocenters. The van der Waals surface area contributed by atoms with E-state index in [0.29, 0.717) is 5.92 Å². The normalized spacial score (nSPS) is 13.7. The van der Waals surface area contributed by atoms with Crippen molar-refractivity contribution in [3.63, 3.8) is 0 Å². The number of pyridine rings is 1. The molecule has 0 aliphatic rings. The Morgan fingerprint density at radius 2 is 2.29 bits per heavy atom. The van der Waals surface area contributed by atoms with Crippen LogP contribution >= 0.6 is 0 Å². The Balaban J connectivity index is 2.42. The lowest BCUT2D eigenvalue weighted by molar-refractivity contribution is 0.498. The maximum atomic E-state index is 5.91. The Labute approximate surface area is 85.9 Å². The fourth-order valence-electron chi connectivity index (χ4n) is 1.11. The lowest BCUT2D eigenvalue weighted by atomic mass is 10.0. The summed E-state index contributed by atoms with van der Waals surface area (Å²) in [5.74, 6) is 0.536. The summed E-state index contributed by atoms with van der Waals surface area (Å²) in [6, 6.07) is 4.22. The predicted octanol–water partition coefficient (Wildman–Crippen LogP) is 2.47. The molecule has 0 aliphatic carbocycles. The summed E-state index contributed by atoms with van der Waals surface area (Å²) < 4.78 is 0. The zero-order chi connectivity index (χ0) is 10.4. The first-order valence-corrected chi connectivity index (χ1v) is 5.02. The van der Waals surface area contributed by atoms with E-state index in [1.807, 2.05) is 18.3 Å². The monoisotopic (exact) mass is 190 g/mol. The van der Waals surface area contributed by atoms with Crippen LogP contribution in [0.3, 0.4) is 0 Å². The van der Waals surface area contributed by atoms with Gasteiger partial charge in [-0.05, 0) is 24.0 Å². The van der Waals surface area contributed by atoms with Crippen molar-refractivity contribution >= 4 is 6.08 Å². The first-order chi connectivity index (χ1) is 6.70. The number of nitrogens with zero attached hydrogens (tertiary/aromatic N) is 1. The van der Waals surface area contributed by atoms with Gasteiger partial charge in [-0.15, -0.1) is 0 Å². The van der Waals surface area contributed by atoms with Crippen LogP contribution in [0.2, 0.25) is 0 Å². The van der Waals surface area contributed by atoms with Crippen molar-refractivity contribution in [1.29, 1.82) is 0 Å². The molecule has 2 heteroatoms. The molecule has 0 fully saturated rings. The molecule has 2 nitrogen and oxygen atoms in total. The van der Waals surface area contributed by atoms with Crippen LogP contribution in [0.1, 0.15) is 25.8 Å². The number of rotatable bonds is 4. The molecule has 0 amide bonds. The third-order valence-corrected chi connectivity index (χ3v) is 2.26. The summed E-state index contributed by atoms with van der Waals surface area (Å²) in [5.41, 5.74) is 7.04. The lowest BCUT2D eigenvalue weighted by Gasteiger charge is -2.12. The largest absolute Gasteiger partial charge is 0.327 e. The van der Waals surface area contributed by atoms with Gasteiger partial charge in [0, 0.05) is 18.4 Å². The van der Waals surface area contributed by atoms with E-state index in [-0.39, 0.29) is 6.04 Å². The topological polar surface area (TPSA) is 38.9 Å². The molecule has 1 heterocycles.